The molecule has 0 saturated heterocycles. The van der Waals surface area contributed by atoms with E-state index in [9.17, 15) is 13.6 Å². The lowest BCUT2D eigenvalue weighted by Gasteiger charge is -2.32. The van der Waals surface area contributed by atoms with Crippen molar-refractivity contribution in [3.63, 3.8) is 0 Å². The van der Waals surface area contributed by atoms with Gasteiger partial charge >= 0.3 is 0 Å². The van der Waals surface area contributed by atoms with Crippen molar-refractivity contribution < 1.29 is 13.6 Å². The molecule has 1 aliphatic heterocycles. The molecule has 2 aromatic rings. The summed E-state index contributed by atoms with van der Waals surface area (Å²) in [5.41, 5.74) is 5.86. The van der Waals surface area contributed by atoms with Gasteiger partial charge in [0, 0.05) is 24.6 Å². The number of fused-ring (bicyclic) bond motifs is 1. The molecular weight excluding hydrogens is 362 g/mol. The first-order valence-electron chi connectivity index (χ1n) is 9.05. The van der Waals surface area contributed by atoms with Crippen LogP contribution in [0.25, 0.3) is 0 Å². The van der Waals surface area contributed by atoms with Gasteiger partial charge in [0.25, 0.3) is 0 Å². The number of aliphatic imine (C=N–C) groups is 1. The predicted octanol–water partition coefficient (Wildman–Crippen LogP) is 3.08. The number of benzene rings is 1. The molecule has 0 amide bonds. The molecule has 1 fully saturated rings. The molecule has 2 N–H and O–H groups in total. The number of hydrogen-bond donors (Lipinski definition) is 1. The van der Waals surface area contributed by atoms with E-state index >= 15 is 0 Å². The van der Waals surface area contributed by atoms with Crippen molar-refractivity contribution in [2.45, 2.75) is 24.8 Å². The minimum absolute atomic E-state index is 0.0121. The topological polar surface area (TPSA) is 92.1 Å². The van der Waals surface area contributed by atoms with E-state index in [0.717, 1.165) is 6.42 Å². The molecule has 0 unspecified atom stereocenters. The Morgan fingerprint density at radius 1 is 1.36 bits per heavy atom. The Hall–Kier alpha value is -3.14. The summed E-state index contributed by atoms with van der Waals surface area (Å²) < 4.78 is 28.8. The average Bonchev–Trinajstić information content (AvgIpc) is 3.48. The lowest BCUT2D eigenvalue weighted by Crippen LogP contribution is -2.37. The van der Waals surface area contributed by atoms with Crippen LogP contribution >= 0.6 is 0 Å². The molecule has 7 heteroatoms. The summed E-state index contributed by atoms with van der Waals surface area (Å²) in [7, 11) is 0. The monoisotopic (exact) mass is 380 g/mol. The smallest absolute Gasteiger partial charge is 0.185 e. The zero-order chi connectivity index (χ0) is 19.9. The van der Waals surface area contributed by atoms with Gasteiger partial charge in [0.05, 0.1) is 11.4 Å². The zero-order valence-corrected chi connectivity index (χ0v) is 15.0. The lowest BCUT2D eigenvalue weighted by atomic mass is 9.82. The van der Waals surface area contributed by atoms with Gasteiger partial charge in [-0.3, -0.25) is 14.8 Å². The van der Waals surface area contributed by atoms with Crippen molar-refractivity contribution in [1.29, 1.82) is 5.26 Å². The van der Waals surface area contributed by atoms with Crippen molar-refractivity contribution in [2.24, 2.45) is 22.6 Å². The van der Waals surface area contributed by atoms with Crippen LogP contribution < -0.4 is 5.73 Å². The van der Waals surface area contributed by atoms with Gasteiger partial charge in [-0.15, -0.1) is 0 Å². The van der Waals surface area contributed by atoms with Crippen LogP contribution in [-0.2, 0) is 12.0 Å². The third-order valence-electron chi connectivity index (χ3n) is 5.59. The minimum Gasteiger partial charge on any atom is -0.387 e. The number of nitriles is 1. The molecule has 0 spiro atoms. The molecule has 28 heavy (non-hydrogen) atoms. The maximum absolute atomic E-state index is 14.6. The molecule has 3 atom stereocenters. The van der Waals surface area contributed by atoms with Crippen LogP contribution in [0.3, 0.4) is 0 Å². The van der Waals surface area contributed by atoms with Gasteiger partial charge in [0.2, 0.25) is 0 Å². The molecule has 1 aliphatic carbocycles. The Labute approximate surface area is 160 Å². The van der Waals surface area contributed by atoms with Crippen LogP contribution in [0.4, 0.5) is 8.78 Å². The van der Waals surface area contributed by atoms with E-state index in [1.165, 1.54) is 36.5 Å². The van der Waals surface area contributed by atoms with Gasteiger partial charge in [-0.25, -0.2) is 8.78 Å². The third-order valence-corrected chi connectivity index (χ3v) is 5.59. The van der Waals surface area contributed by atoms with E-state index in [1.807, 2.05) is 6.07 Å². The maximum atomic E-state index is 14.6. The second kappa shape index (κ2) is 6.79. The summed E-state index contributed by atoms with van der Waals surface area (Å²) in [6, 6.07) is 9.22. The molecule has 0 radical (unpaired) electrons. The molecule has 0 bridgehead atoms. The third kappa shape index (κ3) is 3.05. The van der Waals surface area contributed by atoms with Crippen molar-refractivity contribution in [3.05, 3.63) is 64.7 Å². The average molecular weight is 380 g/mol. The van der Waals surface area contributed by atoms with Gasteiger partial charge in [0.1, 0.15) is 29.8 Å². The second-order valence-electron chi connectivity index (χ2n) is 7.43. The standard InChI is InChI=1S/C21H18F2N4O/c22-11-21(15-7-14(15)8-20(25)27-21)16-5-12(1-3-17(16)23)6-19(28)18-4-2-13(9-24)10-26-18/h1-5,10,14-15H,6-8,11H2,(H2,25,27)/t14-,15-,21+/m1/s1. The lowest BCUT2D eigenvalue weighted by molar-refractivity contribution is 0.0988. The van der Waals surface area contributed by atoms with Crippen molar-refractivity contribution in [1.82, 2.24) is 4.98 Å². The quantitative estimate of drug-likeness (QED) is 0.807. The summed E-state index contributed by atoms with van der Waals surface area (Å²) in [6.45, 7) is -0.833. The number of alkyl halides is 1. The minimum atomic E-state index is -1.30. The van der Waals surface area contributed by atoms with Crippen LogP contribution in [0.1, 0.15) is 40.0 Å². The van der Waals surface area contributed by atoms with Crippen molar-refractivity contribution >= 4 is 11.6 Å². The number of nitrogens with zero attached hydrogens (tertiary/aromatic N) is 3. The number of aromatic nitrogens is 1. The van der Waals surface area contributed by atoms with Crippen LogP contribution in [0.15, 0.2) is 41.5 Å². The van der Waals surface area contributed by atoms with E-state index < -0.39 is 18.0 Å². The van der Waals surface area contributed by atoms with Crippen LogP contribution in [0, 0.1) is 29.0 Å². The van der Waals surface area contributed by atoms with Gasteiger partial charge in [0.15, 0.2) is 5.78 Å². The fraction of sp³-hybridized carbons (Fsp3) is 0.333. The molecular formula is C21H18F2N4O. The predicted molar refractivity (Wildman–Crippen MR) is 98.9 cm³/mol. The highest BCUT2D eigenvalue weighted by molar-refractivity contribution is 5.95. The van der Waals surface area contributed by atoms with E-state index in [2.05, 4.69) is 9.98 Å². The molecule has 1 aromatic carbocycles. The summed E-state index contributed by atoms with van der Waals surface area (Å²) >= 11 is 0. The van der Waals surface area contributed by atoms with E-state index in [1.54, 1.807) is 0 Å². The van der Waals surface area contributed by atoms with E-state index in [-0.39, 0.29) is 35.3 Å². The van der Waals surface area contributed by atoms with Gasteiger partial charge in [-0.2, -0.15) is 5.26 Å². The Bertz CT molecular complexity index is 1010. The number of halogens is 2. The molecule has 1 saturated carbocycles. The first-order chi connectivity index (χ1) is 13.5. The summed E-state index contributed by atoms with van der Waals surface area (Å²) in [5.74, 6) is -0.299. The second-order valence-corrected chi connectivity index (χ2v) is 7.43. The number of amidine groups is 1. The van der Waals surface area contributed by atoms with Gasteiger partial charge in [-0.05, 0) is 48.1 Å². The number of ketones is 1. The van der Waals surface area contributed by atoms with Crippen molar-refractivity contribution in [3.8, 4) is 6.07 Å². The largest absolute Gasteiger partial charge is 0.387 e. The molecule has 5 nitrogen and oxygen atoms in total. The number of hydrogen-bond acceptors (Lipinski definition) is 5. The highest BCUT2D eigenvalue weighted by Gasteiger charge is 2.57. The molecule has 4 rings (SSSR count). The highest BCUT2D eigenvalue weighted by atomic mass is 19.1. The Morgan fingerprint density at radius 3 is 2.86 bits per heavy atom. The van der Waals surface area contributed by atoms with Crippen LogP contribution in [0.5, 0.6) is 0 Å². The number of pyridine rings is 1. The molecule has 1 aromatic heterocycles. The number of carbonyl (C=O) groups excluding carboxylic acids is 1. The first kappa shape index (κ1) is 18.2. The SMILES string of the molecule is N#Cc1ccc(C(=O)Cc2ccc(F)c([C@@]3(CF)N=C(N)C[C@H]4C[C@H]43)c2)nc1. The zero-order valence-electron chi connectivity index (χ0n) is 15.0. The normalized spacial score (nSPS) is 25.4. The maximum Gasteiger partial charge on any atom is 0.185 e. The summed E-state index contributed by atoms with van der Waals surface area (Å²) in [6.07, 6.45) is 2.71. The summed E-state index contributed by atoms with van der Waals surface area (Å²) in [5, 5.41) is 8.81. The fourth-order valence-electron chi connectivity index (χ4n) is 4.09. The van der Waals surface area contributed by atoms with Crippen LogP contribution in [-0.4, -0.2) is 23.3 Å². The Morgan fingerprint density at radius 2 is 2.18 bits per heavy atom. The molecule has 2 heterocycles. The number of rotatable bonds is 5. The fourth-order valence-corrected chi connectivity index (χ4v) is 4.09. The van der Waals surface area contributed by atoms with Gasteiger partial charge < -0.3 is 5.73 Å². The van der Waals surface area contributed by atoms with Gasteiger partial charge in [-0.1, -0.05) is 6.07 Å². The van der Waals surface area contributed by atoms with Crippen LogP contribution in [0.2, 0.25) is 0 Å². The molecule has 142 valence electrons. The highest BCUT2D eigenvalue weighted by Crippen LogP contribution is 2.57. The number of carbonyl (C=O) groups is 1. The summed E-state index contributed by atoms with van der Waals surface area (Å²) in [4.78, 5) is 20.8. The van der Waals surface area contributed by atoms with E-state index in [0.29, 0.717) is 23.4 Å². The van der Waals surface area contributed by atoms with Crippen molar-refractivity contribution in [2.75, 3.05) is 6.67 Å². The number of nitrogens with two attached hydrogens (primary N) is 1. The van der Waals surface area contributed by atoms with E-state index in [4.69, 9.17) is 11.0 Å². The Kier molecular flexibility index (Phi) is 4.42. The first-order valence-corrected chi connectivity index (χ1v) is 9.05. The molecule has 2 aliphatic rings. The number of Topliss-reactive ketones (excluding diaryl/α,β-unsaturated/α-hetero) is 1. The Balaban J connectivity index is 1.65.